The zero-order valence-corrected chi connectivity index (χ0v) is 13.3. The van der Waals surface area contributed by atoms with Crippen molar-refractivity contribution in [1.29, 1.82) is 0 Å². The molecule has 19 heavy (non-hydrogen) atoms. The predicted octanol–water partition coefficient (Wildman–Crippen LogP) is 2.67. The standard InChI is InChI=1S/C13H18BrN3OS/c1-2-18-9-3-8-15-13(19)17-16-10-11-4-6-12(14)7-5-11/h4-7,10H,2-3,8-9H2,1H3,(H2,15,17,19)/b16-10-. The van der Waals surface area contributed by atoms with E-state index in [0.717, 1.165) is 36.2 Å². The number of rotatable bonds is 7. The van der Waals surface area contributed by atoms with Gasteiger partial charge in [0.2, 0.25) is 0 Å². The summed E-state index contributed by atoms with van der Waals surface area (Å²) in [5.74, 6) is 0. The molecule has 0 bridgehead atoms. The van der Waals surface area contributed by atoms with Gasteiger partial charge in [-0.3, -0.25) is 5.43 Å². The van der Waals surface area contributed by atoms with E-state index in [-0.39, 0.29) is 0 Å². The molecule has 0 spiro atoms. The lowest BCUT2D eigenvalue weighted by molar-refractivity contribution is 0.145. The van der Waals surface area contributed by atoms with Crippen LogP contribution in [0.2, 0.25) is 0 Å². The van der Waals surface area contributed by atoms with Crippen molar-refractivity contribution in [3.63, 3.8) is 0 Å². The van der Waals surface area contributed by atoms with Gasteiger partial charge in [0.1, 0.15) is 0 Å². The van der Waals surface area contributed by atoms with E-state index >= 15 is 0 Å². The van der Waals surface area contributed by atoms with Crippen LogP contribution >= 0.6 is 28.1 Å². The number of halogens is 1. The average molecular weight is 344 g/mol. The molecule has 104 valence electrons. The smallest absolute Gasteiger partial charge is 0.186 e. The lowest BCUT2D eigenvalue weighted by atomic mass is 10.2. The van der Waals surface area contributed by atoms with E-state index < -0.39 is 0 Å². The molecular weight excluding hydrogens is 326 g/mol. The molecule has 0 aromatic heterocycles. The largest absolute Gasteiger partial charge is 0.382 e. The summed E-state index contributed by atoms with van der Waals surface area (Å²) in [6.45, 7) is 4.25. The Morgan fingerprint density at radius 3 is 2.84 bits per heavy atom. The second-order valence-electron chi connectivity index (χ2n) is 3.73. The Bertz CT molecular complexity index is 409. The van der Waals surface area contributed by atoms with Gasteiger partial charge in [0.05, 0.1) is 6.21 Å². The Kier molecular flexibility index (Phi) is 8.36. The molecule has 1 aromatic rings. The minimum absolute atomic E-state index is 0.518. The molecule has 0 saturated carbocycles. The third-order valence-electron chi connectivity index (χ3n) is 2.20. The van der Waals surface area contributed by atoms with Crippen LogP contribution in [0.25, 0.3) is 0 Å². The SMILES string of the molecule is CCOCCCNC(=S)N/N=C\c1ccc(Br)cc1. The lowest BCUT2D eigenvalue weighted by Crippen LogP contribution is -2.33. The van der Waals surface area contributed by atoms with Crippen molar-refractivity contribution in [1.82, 2.24) is 10.7 Å². The monoisotopic (exact) mass is 343 g/mol. The van der Waals surface area contributed by atoms with Gasteiger partial charge in [-0.15, -0.1) is 0 Å². The second kappa shape index (κ2) is 9.89. The molecule has 0 aliphatic carbocycles. The van der Waals surface area contributed by atoms with Gasteiger partial charge in [-0.25, -0.2) is 0 Å². The van der Waals surface area contributed by atoms with Gasteiger partial charge in [0.15, 0.2) is 5.11 Å². The van der Waals surface area contributed by atoms with Crippen LogP contribution in [0.4, 0.5) is 0 Å². The number of ether oxygens (including phenoxy) is 1. The molecule has 0 radical (unpaired) electrons. The minimum atomic E-state index is 0.518. The van der Waals surface area contributed by atoms with Gasteiger partial charge < -0.3 is 10.1 Å². The Labute approximate surface area is 127 Å². The fourth-order valence-corrected chi connectivity index (χ4v) is 1.69. The van der Waals surface area contributed by atoms with Crippen molar-refractivity contribution >= 4 is 39.5 Å². The van der Waals surface area contributed by atoms with Crippen LogP contribution in [0.3, 0.4) is 0 Å². The first kappa shape index (κ1) is 16.1. The van der Waals surface area contributed by atoms with Crippen molar-refractivity contribution in [2.45, 2.75) is 13.3 Å². The summed E-state index contributed by atoms with van der Waals surface area (Å²) in [4.78, 5) is 0. The maximum absolute atomic E-state index is 5.23. The summed E-state index contributed by atoms with van der Waals surface area (Å²) >= 11 is 8.47. The third kappa shape index (κ3) is 7.92. The Hall–Kier alpha value is -0.980. The van der Waals surface area contributed by atoms with Gasteiger partial charge in [0.25, 0.3) is 0 Å². The molecule has 0 amide bonds. The maximum Gasteiger partial charge on any atom is 0.186 e. The van der Waals surface area contributed by atoms with Gasteiger partial charge in [-0.1, -0.05) is 28.1 Å². The van der Waals surface area contributed by atoms with Crippen LogP contribution in [0.5, 0.6) is 0 Å². The van der Waals surface area contributed by atoms with E-state index in [1.165, 1.54) is 0 Å². The molecule has 1 rings (SSSR count). The average Bonchev–Trinajstić information content (AvgIpc) is 2.41. The number of hydrogen-bond donors (Lipinski definition) is 2. The summed E-state index contributed by atoms with van der Waals surface area (Å²) in [7, 11) is 0. The Morgan fingerprint density at radius 1 is 1.42 bits per heavy atom. The normalized spacial score (nSPS) is 10.6. The molecule has 1 aromatic carbocycles. The van der Waals surface area contributed by atoms with Gasteiger partial charge >= 0.3 is 0 Å². The summed E-state index contributed by atoms with van der Waals surface area (Å²) in [6, 6.07) is 7.86. The molecule has 2 N–H and O–H groups in total. The van der Waals surface area contributed by atoms with Gasteiger partial charge in [-0.05, 0) is 43.3 Å². The number of hydrazone groups is 1. The highest BCUT2D eigenvalue weighted by atomic mass is 79.9. The minimum Gasteiger partial charge on any atom is -0.382 e. The van der Waals surface area contributed by atoms with Crippen LogP contribution in [0.1, 0.15) is 18.9 Å². The fraction of sp³-hybridized carbons (Fsp3) is 0.385. The highest BCUT2D eigenvalue weighted by molar-refractivity contribution is 9.10. The zero-order valence-electron chi connectivity index (χ0n) is 10.9. The summed E-state index contributed by atoms with van der Waals surface area (Å²) in [5.41, 5.74) is 3.78. The van der Waals surface area contributed by atoms with Gasteiger partial charge in [0, 0.05) is 24.2 Å². The summed E-state index contributed by atoms with van der Waals surface area (Å²) < 4.78 is 6.27. The lowest BCUT2D eigenvalue weighted by Gasteiger charge is -2.06. The molecule has 0 unspecified atom stereocenters. The number of benzene rings is 1. The van der Waals surface area contributed by atoms with E-state index in [2.05, 4.69) is 31.8 Å². The van der Waals surface area contributed by atoms with Crippen LogP contribution in [0, 0.1) is 0 Å². The predicted molar refractivity (Wildman–Crippen MR) is 86.6 cm³/mol. The molecule has 0 heterocycles. The molecule has 0 fully saturated rings. The second-order valence-corrected chi connectivity index (χ2v) is 5.05. The van der Waals surface area contributed by atoms with E-state index in [0.29, 0.717) is 5.11 Å². The number of nitrogens with zero attached hydrogens (tertiary/aromatic N) is 1. The fourth-order valence-electron chi connectivity index (χ4n) is 1.27. The molecule has 6 heteroatoms. The van der Waals surface area contributed by atoms with Crippen molar-refractivity contribution in [3.05, 3.63) is 34.3 Å². The number of thiocarbonyl (C=S) groups is 1. The highest BCUT2D eigenvalue weighted by Crippen LogP contribution is 2.08. The van der Waals surface area contributed by atoms with Crippen LogP contribution in [-0.2, 0) is 4.74 Å². The topological polar surface area (TPSA) is 45.6 Å². The van der Waals surface area contributed by atoms with E-state index in [1.54, 1.807) is 6.21 Å². The molecule has 0 aliphatic heterocycles. The first-order valence-corrected chi connectivity index (χ1v) is 7.32. The van der Waals surface area contributed by atoms with Gasteiger partial charge in [-0.2, -0.15) is 5.10 Å². The zero-order chi connectivity index (χ0) is 13.9. The first-order chi connectivity index (χ1) is 9.22. The molecule has 0 saturated heterocycles. The van der Waals surface area contributed by atoms with Crippen LogP contribution in [-0.4, -0.2) is 31.1 Å². The Balaban J connectivity index is 2.17. The van der Waals surface area contributed by atoms with Crippen molar-refractivity contribution in [2.75, 3.05) is 19.8 Å². The molecule has 4 nitrogen and oxygen atoms in total. The summed E-state index contributed by atoms with van der Waals surface area (Å²) in [6.07, 6.45) is 2.65. The van der Waals surface area contributed by atoms with Crippen LogP contribution in [0.15, 0.2) is 33.8 Å². The van der Waals surface area contributed by atoms with Crippen molar-refractivity contribution in [3.8, 4) is 0 Å². The van der Waals surface area contributed by atoms with Crippen molar-refractivity contribution < 1.29 is 4.74 Å². The van der Waals surface area contributed by atoms with E-state index in [9.17, 15) is 0 Å². The summed E-state index contributed by atoms with van der Waals surface area (Å²) in [5, 5.41) is 7.64. The molecule has 0 atom stereocenters. The molecule has 0 aliphatic rings. The van der Waals surface area contributed by atoms with Crippen LogP contribution < -0.4 is 10.7 Å². The Morgan fingerprint density at radius 2 is 2.16 bits per heavy atom. The number of nitrogens with one attached hydrogen (secondary N) is 2. The highest BCUT2D eigenvalue weighted by Gasteiger charge is 1.93. The van der Waals surface area contributed by atoms with Crippen molar-refractivity contribution in [2.24, 2.45) is 5.10 Å². The van der Waals surface area contributed by atoms with E-state index in [4.69, 9.17) is 17.0 Å². The molecular formula is C13H18BrN3OS. The first-order valence-electron chi connectivity index (χ1n) is 6.12. The number of hydrogen-bond acceptors (Lipinski definition) is 3. The third-order valence-corrected chi connectivity index (χ3v) is 2.97. The van der Waals surface area contributed by atoms with E-state index in [1.807, 2.05) is 31.2 Å². The maximum atomic E-state index is 5.23. The quantitative estimate of drug-likeness (QED) is 0.346.